The molecule has 0 aliphatic carbocycles. The number of hydrogen-bond donors (Lipinski definition) is 1. The zero-order valence-electron chi connectivity index (χ0n) is 14.2. The number of hydrogen-bond acceptors (Lipinski definition) is 4. The van der Waals surface area contributed by atoms with Gasteiger partial charge in [0.1, 0.15) is 0 Å². The number of thioether (sulfide) groups is 1. The van der Waals surface area contributed by atoms with Crippen LogP contribution in [0.4, 0.5) is 17.1 Å². The first kappa shape index (κ1) is 16.5. The molecule has 4 nitrogen and oxygen atoms in total. The highest BCUT2D eigenvalue weighted by Crippen LogP contribution is 2.38. The number of carbonyl (C=O) groups excluding carboxylic acids is 1. The summed E-state index contributed by atoms with van der Waals surface area (Å²) in [7, 11) is 0. The van der Waals surface area contributed by atoms with Gasteiger partial charge < -0.3 is 15.1 Å². The van der Waals surface area contributed by atoms with Crippen LogP contribution in [0.2, 0.25) is 0 Å². The van der Waals surface area contributed by atoms with Crippen LogP contribution in [0.1, 0.15) is 32.6 Å². The van der Waals surface area contributed by atoms with Crippen molar-refractivity contribution in [1.29, 1.82) is 0 Å². The Morgan fingerprint density at radius 2 is 1.52 bits per heavy atom. The van der Waals surface area contributed by atoms with Gasteiger partial charge in [-0.15, -0.1) is 0 Å². The van der Waals surface area contributed by atoms with Crippen molar-refractivity contribution < 1.29 is 4.79 Å². The van der Waals surface area contributed by atoms with E-state index in [9.17, 15) is 4.79 Å². The number of carbonyl (C=O) groups is 1. The molecule has 23 heavy (non-hydrogen) atoms. The van der Waals surface area contributed by atoms with Gasteiger partial charge in [0.25, 0.3) is 0 Å². The second kappa shape index (κ2) is 7.47. The van der Waals surface area contributed by atoms with E-state index < -0.39 is 0 Å². The molecule has 1 atom stereocenters. The molecule has 1 amide bonds. The Morgan fingerprint density at radius 3 is 1.96 bits per heavy atom. The minimum Gasteiger partial charge on any atom is -0.370 e. The van der Waals surface area contributed by atoms with Crippen molar-refractivity contribution in [2.75, 3.05) is 47.6 Å². The number of nitrogens with zero attached hydrogens (tertiary/aromatic N) is 2. The number of anilines is 3. The highest BCUT2D eigenvalue weighted by molar-refractivity contribution is 7.99. The molecule has 0 bridgehead atoms. The lowest BCUT2D eigenvalue weighted by molar-refractivity contribution is -0.115. The zero-order chi connectivity index (χ0) is 16.2. The van der Waals surface area contributed by atoms with Gasteiger partial charge in [0.2, 0.25) is 5.91 Å². The van der Waals surface area contributed by atoms with Crippen molar-refractivity contribution in [2.45, 2.75) is 37.9 Å². The van der Waals surface area contributed by atoms with E-state index in [0.29, 0.717) is 0 Å². The maximum atomic E-state index is 12.5. The molecule has 2 aliphatic heterocycles. The average Bonchev–Trinajstić information content (AvgIpc) is 3.27. The summed E-state index contributed by atoms with van der Waals surface area (Å²) >= 11 is 1.59. The maximum Gasteiger partial charge on any atom is 0.237 e. The summed E-state index contributed by atoms with van der Waals surface area (Å²) in [5, 5.41) is 3.21. The smallest absolute Gasteiger partial charge is 0.237 e. The first-order valence-corrected chi connectivity index (χ1v) is 9.96. The molecule has 126 valence electrons. The Morgan fingerprint density at radius 1 is 1.04 bits per heavy atom. The molecule has 0 aromatic heterocycles. The number of amides is 1. The average molecular weight is 334 g/mol. The van der Waals surface area contributed by atoms with E-state index in [1.165, 1.54) is 37.1 Å². The second-order valence-corrected chi connectivity index (χ2v) is 7.61. The molecule has 2 heterocycles. The van der Waals surface area contributed by atoms with E-state index in [4.69, 9.17) is 0 Å². The molecule has 2 fully saturated rings. The topological polar surface area (TPSA) is 35.6 Å². The van der Waals surface area contributed by atoms with Gasteiger partial charge in [-0.3, -0.25) is 4.79 Å². The van der Waals surface area contributed by atoms with Gasteiger partial charge in [0.15, 0.2) is 0 Å². The molecule has 0 spiro atoms. The van der Waals surface area contributed by atoms with Crippen molar-refractivity contribution in [3.8, 4) is 0 Å². The standard InChI is InChI=1S/C18H27N3OS/c1-14(23-2)18(22)19-17-15(20-10-3-4-11-20)8-7-9-16(17)21-12-5-6-13-21/h7-9,14H,3-6,10-13H2,1-2H3,(H,19,22). The largest absolute Gasteiger partial charge is 0.370 e. The first-order valence-electron chi connectivity index (χ1n) is 8.67. The third-order valence-electron chi connectivity index (χ3n) is 4.88. The summed E-state index contributed by atoms with van der Waals surface area (Å²) in [6.07, 6.45) is 6.94. The second-order valence-electron chi connectivity index (χ2n) is 6.43. The minimum absolute atomic E-state index is 0.0342. The lowest BCUT2D eigenvalue weighted by Gasteiger charge is -2.28. The zero-order valence-corrected chi connectivity index (χ0v) is 15.0. The van der Waals surface area contributed by atoms with Crippen LogP contribution in [-0.2, 0) is 4.79 Å². The molecule has 1 unspecified atom stereocenters. The molecule has 2 aliphatic rings. The van der Waals surface area contributed by atoms with Crippen molar-refractivity contribution in [3.63, 3.8) is 0 Å². The molecular formula is C18H27N3OS. The number of nitrogens with one attached hydrogen (secondary N) is 1. The number of rotatable bonds is 5. The Hall–Kier alpha value is -1.36. The van der Waals surface area contributed by atoms with Crippen LogP contribution in [0.3, 0.4) is 0 Å². The third kappa shape index (κ3) is 3.60. The van der Waals surface area contributed by atoms with Gasteiger partial charge >= 0.3 is 0 Å². The Labute approximate surface area is 143 Å². The molecule has 1 aromatic rings. The summed E-state index contributed by atoms with van der Waals surface area (Å²) in [5.74, 6) is 0.101. The van der Waals surface area contributed by atoms with E-state index in [2.05, 4.69) is 33.3 Å². The van der Waals surface area contributed by atoms with Gasteiger partial charge in [0.05, 0.1) is 22.3 Å². The predicted octanol–water partition coefficient (Wildman–Crippen LogP) is 3.58. The molecule has 5 heteroatoms. The van der Waals surface area contributed by atoms with Crippen LogP contribution in [0.5, 0.6) is 0 Å². The van der Waals surface area contributed by atoms with Crippen molar-refractivity contribution in [1.82, 2.24) is 0 Å². The van der Waals surface area contributed by atoms with E-state index >= 15 is 0 Å². The highest BCUT2D eigenvalue weighted by atomic mass is 32.2. The van der Waals surface area contributed by atoms with Gasteiger partial charge in [-0.1, -0.05) is 6.07 Å². The van der Waals surface area contributed by atoms with Gasteiger partial charge in [-0.25, -0.2) is 0 Å². The Balaban J connectivity index is 1.94. The summed E-state index contributed by atoms with van der Waals surface area (Å²) in [6.45, 7) is 6.32. The van der Waals surface area contributed by atoms with Gasteiger partial charge in [-0.05, 0) is 51.0 Å². The molecule has 2 saturated heterocycles. The summed E-state index contributed by atoms with van der Waals surface area (Å²) in [6, 6.07) is 6.45. The van der Waals surface area contributed by atoms with Crippen LogP contribution in [0.25, 0.3) is 0 Å². The fourth-order valence-corrected chi connectivity index (χ4v) is 3.70. The van der Waals surface area contributed by atoms with Crippen LogP contribution < -0.4 is 15.1 Å². The monoisotopic (exact) mass is 333 g/mol. The third-order valence-corrected chi connectivity index (χ3v) is 5.81. The molecule has 1 N–H and O–H groups in total. The Bertz CT molecular complexity index is 517. The van der Waals surface area contributed by atoms with Crippen molar-refractivity contribution >= 4 is 34.7 Å². The number of para-hydroxylation sites is 1. The molecule has 3 rings (SSSR count). The molecule has 0 radical (unpaired) electrons. The minimum atomic E-state index is -0.0342. The van der Waals surface area contributed by atoms with E-state index in [1.807, 2.05) is 13.2 Å². The van der Waals surface area contributed by atoms with Crippen molar-refractivity contribution in [3.05, 3.63) is 18.2 Å². The van der Waals surface area contributed by atoms with Gasteiger partial charge in [-0.2, -0.15) is 11.8 Å². The molecule has 0 saturated carbocycles. The summed E-state index contributed by atoms with van der Waals surface area (Å²) < 4.78 is 0. The summed E-state index contributed by atoms with van der Waals surface area (Å²) in [5.41, 5.74) is 3.39. The normalized spacial score (nSPS) is 19.2. The molecular weight excluding hydrogens is 306 g/mol. The van der Waals surface area contributed by atoms with E-state index in [0.717, 1.165) is 31.9 Å². The van der Waals surface area contributed by atoms with E-state index in [-0.39, 0.29) is 11.2 Å². The SMILES string of the molecule is CSC(C)C(=O)Nc1c(N2CCCC2)cccc1N1CCCC1. The van der Waals surface area contributed by atoms with Crippen LogP contribution >= 0.6 is 11.8 Å². The van der Waals surface area contributed by atoms with E-state index in [1.54, 1.807) is 11.8 Å². The molecule has 1 aromatic carbocycles. The predicted molar refractivity (Wildman–Crippen MR) is 101 cm³/mol. The Kier molecular flexibility index (Phi) is 5.36. The lowest BCUT2D eigenvalue weighted by Crippen LogP contribution is -2.28. The van der Waals surface area contributed by atoms with Crippen LogP contribution in [0.15, 0.2) is 18.2 Å². The van der Waals surface area contributed by atoms with Crippen LogP contribution in [0, 0.1) is 0 Å². The fraction of sp³-hybridized carbons (Fsp3) is 0.611. The van der Waals surface area contributed by atoms with Gasteiger partial charge in [0, 0.05) is 26.2 Å². The maximum absolute atomic E-state index is 12.5. The fourth-order valence-electron chi connectivity index (χ4n) is 3.43. The number of benzene rings is 1. The quantitative estimate of drug-likeness (QED) is 0.893. The van der Waals surface area contributed by atoms with Crippen LogP contribution in [-0.4, -0.2) is 43.6 Å². The van der Waals surface area contributed by atoms with Crippen molar-refractivity contribution in [2.24, 2.45) is 0 Å². The first-order chi connectivity index (χ1) is 11.2. The lowest BCUT2D eigenvalue weighted by atomic mass is 10.2. The highest BCUT2D eigenvalue weighted by Gasteiger charge is 2.24. The summed E-state index contributed by atoms with van der Waals surface area (Å²) in [4.78, 5) is 17.3.